The molecular weight excluding hydrogens is 208 g/mol. The molecule has 1 heterocycles. The molecule has 0 spiro atoms. The smallest absolute Gasteiger partial charge is 0.248 e. The van der Waals surface area contributed by atoms with Crippen molar-refractivity contribution in [3.05, 3.63) is 0 Å². The van der Waals surface area contributed by atoms with E-state index in [9.17, 15) is 9.59 Å². The van der Waals surface area contributed by atoms with Gasteiger partial charge in [0.05, 0.1) is 5.92 Å². The summed E-state index contributed by atoms with van der Waals surface area (Å²) >= 11 is 0. The summed E-state index contributed by atoms with van der Waals surface area (Å²) in [5.41, 5.74) is 0. The van der Waals surface area contributed by atoms with E-state index in [0.717, 1.165) is 25.9 Å². The Hall–Kier alpha value is -1.10. The molecule has 0 radical (unpaired) electrons. The van der Waals surface area contributed by atoms with E-state index >= 15 is 0 Å². The van der Waals surface area contributed by atoms with Gasteiger partial charge in [0.1, 0.15) is 6.61 Å². The molecule has 1 atom stereocenters. The number of carbonyl (C=O) groups excluding carboxylic acids is 2. The summed E-state index contributed by atoms with van der Waals surface area (Å²) in [4.78, 5) is 26.3. The molecule has 0 aromatic carbocycles. The minimum atomic E-state index is -0.499. The second-order valence-electron chi connectivity index (χ2n) is 4.37. The third kappa shape index (κ3) is 3.20. The van der Waals surface area contributed by atoms with Crippen molar-refractivity contribution in [1.82, 2.24) is 9.80 Å². The van der Waals surface area contributed by atoms with Crippen LogP contribution in [0.1, 0.15) is 19.8 Å². The Morgan fingerprint density at radius 3 is 2.44 bits per heavy atom. The minimum absolute atomic E-state index is 0.107. The Bertz CT molecular complexity index is 262. The number of rotatable bonds is 4. The number of carbonyl (C=O) groups is 2. The summed E-state index contributed by atoms with van der Waals surface area (Å²) in [6.45, 7) is 3.36. The Morgan fingerprint density at radius 1 is 1.38 bits per heavy atom. The molecule has 0 bridgehead atoms. The predicted molar refractivity (Wildman–Crippen MR) is 59.7 cm³/mol. The van der Waals surface area contributed by atoms with Crippen molar-refractivity contribution in [2.45, 2.75) is 19.8 Å². The molecule has 0 unspecified atom stereocenters. The SMILES string of the molecule is C[C@H](CN(C)C(=O)CO)C(=O)N1CCCC1. The molecule has 2 amide bonds. The lowest BCUT2D eigenvalue weighted by atomic mass is 10.1. The largest absolute Gasteiger partial charge is 0.387 e. The van der Waals surface area contributed by atoms with Gasteiger partial charge in [-0.05, 0) is 12.8 Å². The van der Waals surface area contributed by atoms with Gasteiger partial charge in [-0.1, -0.05) is 6.92 Å². The van der Waals surface area contributed by atoms with E-state index in [0.29, 0.717) is 6.54 Å². The van der Waals surface area contributed by atoms with Gasteiger partial charge in [0.2, 0.25) is 11.8 Å². The molecule has 16 heavy (non-hydrogen) atoms. The third-order valence-corrected chi connectivity index (χ3v) is 2.95. The fraction of sp³-hybridized carbons (Fsp3) is 0.818. The molecule has 1 saturated heterocycles. The van der Waals surface area contributed by atoms with Gasteiger partial charge in [0.25, 0.3) is 0 Å². The van der Waals surface area contributed by atoms with Gasteiger partial charge in [0, 0.05) is 26.7 Å². The van der Waals surface area contributed by atoms with E-state index in [1.54, 1.807) is 7.05 Å². The highest BCUT2D eigenvalue weighted by Gasteiger charge is 2.24. The standard InChI is InChI=1S/C11H20N2O3/c1-9(7-12(2)10(15)8-14)11(16)13-5-3-4-6-13/h9,14H,3-8H2,1-2H3/t9-/m1/s1. The van der Waals surface area contributed by atoms with Crippen LogP contribution in [0.25, 0.3) is 0 Å². The molecular formula is C11H20N2O3. The summed E-state index contributed by atoms with van der Waals surface area (Å²) in [7, 11) is 1.60. The van der Waals surface area contributed by atoms with Crippen LogP contribution in [-0.4, -0.2) is 60.0 Å². The van der Waals surface area contributed by atoms with Crippen molar-refractivity contribution in [3.63, 3.8) is 0 Å². The van der Waals surface area contributed by atoms with Crippen LogP contribution < -0.4 is 0 Å². The summed E-state index contributed by atoms with van der Waals surface area (Å²) in [5.74, 6) is -0.435. The lowest BCUT2D eigenvalue weighted by Crippen LogP contribution is -2.40. The molecule has 92 valence electrons. The first-order valence-corrected chi connectivity index (χ1v) is 5.70. The highest BCUT2D eigenvalue weighted by molar-refractivity contribution is 5.81. The van der Waals surface area contributed by atoms with Crippen molar-refractivity contribution in [2.75, 3.05) is 33.3 Å². The van der Waals surface area contributed by atoms with Gasteiger partial charge >= 0.3 is 0 Å². The number of likely N-dealkylation sites (N-methyl/N-ethyl adjacent to an activating group) is 1. The van der Waals surface area contributed by atoms with E-state index in [4.69, 9.17) is 5.11 Å². The number of hydrogen-bond acceptors (Lipinski definition) is 3. The van der Waals surface area contributed by atoms with Crippen molar-refractivity contribution in [2.24, 2.45) is 5.92 Å². The molecule has 1 aliphatic heterocycles. The number of hydrogen-bond donors (Lipinski definition) is 1. The molecule has 5 nitrogen and oxygen atoms in total. The maximum Gasteiger partial charge on any atom is 0.248 e. The molecule has 0 aromatic heterocycles. The monoisotopic (exact) mass is 228 g/mol. The van der Waals surface area contributed by atoms with Crippen LogP contribution in [0, 0.1) is 5.92 Å². The zero-order chi connectivity index (χ0) is 12.1. The van der Waals surface area contributed by atoms with E-state index in [-0.39, 0.29) is 17.7 Å². The van der Waals surface area contributed by atoms with E-state index in [2.05, 4.69) is 0 Å². The van der Waals surface area contributed by atoms with Gasteiger partial charge in [-0.25, -0.2) is 0 Å². The molecule has 0 aromatic rings. The summed E-state index contributed by atoms with van der Waals surface area (Å²) in [6, 6.07) is 0. The molecule has 1 fully saturated rings. The van der Waals surface area contributed by atoms with Crippen LogP contribution in [0.15, 0.2) is 0 Å². The number of amides is 2. The van der Waals surface area contributed by atoms with Crippen LogP contribution in [0.3, 0.4) is 0 Å². The topological polar surface area (TPSA) is 60.9 Å². The lowest BCUT2D eigenvalue weighted by molar-refractivity contribution is -0.137. The van der Waals surface area contributed by atoms with Crippen LogP contribution in [0.2, 0.25) is 0 Å². The molecule has 5 heteroatoms. The van der Waals surface area contributed by atoms with Crippen LogP contribution in [-0.2, 0) is 9.59 Å². The summed E-state index contributed by atoms with van der Waals surface area (Å²) < 4.78 is 0. The fourth-order valence-electron chi connectivity index (χ4n) is 1.96. The molecule has 1 rings (SSSR count). The molecule has 0 aliphatic carbocycles. The second kappa shape index (κ2) is 5.84. The quantitative estimate of drug-likeness (QED) is 0.718. The third-order valence-electron chi connectivity index (χ3n) is 2.95. The summed E-state index contributed by atoms with van der Waals surface area (Å²) in [5, 5.41) is 8.68. The predicted octanol–water partition coefficient (Wildman–Crippen LogP) is -0.304. The Labute approximate surface area is 96.0 Å². The van der Waals surface area contributed by atoms with Gasteiger partial charge in [0.15, 0.2) is 0 Å². The Balaban J connectivity index is 2.41. The van der Waals surface area contributed by atoms with Crippen molar-refractivity contribution < 1.29 is 14.7 Å². The number of likely N-dealkylation sites (tertiary alicyclic amines) is 1. The zero-order valence-electron chi connectivity index (χ0n) is 9.98. The Morgan fingerprint density at radius 2 is 1.94 bits per heavy atom. The average molecular weight is 228 g/mol. The maximum atomic E-state index is 11.9. The van der Waals surface area contributed by atoms with Crippen LogP contribution in [0.5, 0.6) is 0 Å². The van der Waals surface area contributed by atoms with Crippen molar-refractivity contribution >= 4 is 11.8 Å². The van der Waals surface area contributed by atoms with Gasteiger partial charge in [-0.3, -0.25) is 9.59 Å². The number of aliphatic hydroxyl groups excluding tert-OH is 1. The first kappa shape index (κ1) is 13.0. The highest BCUT2D eigenvalue weighted by atomic mass is 16.3. The second-order valence-corrected chi connectivity index (χ2v) is 4.37. The molecule has 1 N–H and O–H groups in total. The normalized spacial score (nSPS) is 17.3. The molecule has 0 saturated carbocycles. The zero-order valence-corrected chi connectivity index (χ0v) is 9.98. The first-order valence-electron chi connectivity index (χ1n) is 5.70. The van der Waals surface area contributed by atoms with E-state index < -0.39 is 6.61 Å². The van der Waals surface area contributed by atoms with Crippen molar-refractivity contribution in [1.29, 1.82) is 0 Å². The lowest BCUT2D eigenvalue weighted by Gasteiger charge is -2.24. The number of aliphatic hydroxyl groups is 1. The van der Waals surface area contributed by atoms with E-state index in [1.165, 1.54) is 4.90 Å². The number of nitrogens with zero attached hydrogens (tertiary/aromatic N) is 2. The van der Waals surface area contributed by atoms with Gasteiger partial charge in [-0.2, -0.15) is 0 Å². The van der Waals surface area contributed by atoms with Crippen molar-refractivity contribution in [3.8, 4) is 0 Å². The van der Waals surface area contributed by atoms with Crippen LogP contribution >= 0.6 is 0 Å². The van der Waals surface area contributed by atoms with E-state index in [1.807, 2.05) is 11.8 Å². The Kier molecular flexibility index (Phi) is 4.73. The summed E-state index contributed by atoms with van der Waals surface area (Å²) in [6.07, 6.45) is 2.15. The fourth-order valence-corrected chi connectivity index (χ4v) is 1.96. The van der Waals surface area contributed by atoms with Gasteiger partial charge < -0.3 is 14.9 Å². The maximum absolute atomic E-state index is 11.9. The van der Waals surface area contributed by atoms with Crippen LogP contribution in [0.4, 0.5) is 0 Å². The van der Waals surface area contributed by atoms with Gasteiger partial charge in [-0.15, -0.1) is 0 Å². The first-order chi connectivity index (χ1) is 7.56. The highest BCUT2D eigenvalue weighted by Crippen LogP contribution is 2.12. The average Bonchev–Trinajstić information content (AvgIpc) is 2.79. The minimum Gasteiger partial charge on any atom is -0.387 e. The molecule has 1 aliphatic rings.